The highest BCUT2D eigenvalue weighted by atomic mass is 19.1. The number of hydrogen-bond donors (Lipinski definition) is 0. The van der Waals surface area contributed by atoms with E-state index in [4.69, 9.17) is 0 Å². The molecule has 5 heteroatoms. The molecule has 0 aliphatic heterocycles. The molecule has 0 aliphatic rings. The van der Waals surface area contributed by atoms with Crippen molar-refractivity contribution < 1.29 is 4.39 Å². The molecule has 2 aromatic heterocycles. The van der Waals surface area contributed by atoms with E-state index >= 15 is 0 Å². The Balaban J connectivity index is 2.12. The summed E-state index contributed by atoms with van der Waals surface area (Å²) in [5.41, 5.74) is 2.80. The monoisotopic (exact) mass is 292 g/mol. The van der Waals surface area contributed by atoms with Crippen LogP contribution in [0.3, 0.4) is 0 Å². The highest BCUT2D eigenvalue weighted by Gasteiger charge is 2.13. The van der Waals surface area contributed by atoms with Gasteiger partial charge in [0.2, 0.25) is 0 Å². The van der Waals surface area contributed by atoms with Crippen LogP contribution in [0.15, 0.2) is 42.6 Å². The van der Waals surface area contributed by atoms with Gasteiger partial charge in [-0.3, -0.25) is 0 Å². The number of hydrogen-bond acceptors (Lipinski definition) is 3. The Kier molecular flexibility index (Phi) is 2.69. The van der Waals surface area contributed by atoms with E-state index in [0.717, 1.165) is 16.5 Å². The average Bonchev–Trinajstić information content (AvgIpc) is 2.92. The average molecular weight is 292 g/mol. The number of halogens is 1. The molecule has 4 rings (SSSR count). The first-order valence-corrected chi connectivity index (χ1v) is 7.01. The van der Waals surface area contributed by atoms with E-state index in [1.54, 1.807) is 10.7 Å². The topological polar surface area (TPSA) is 43.6 Å². The van der Waals surface area contributed by atoms with Gasteiger partial charge in [0.15, 0.2) is 5.82 Å². The minimum atomic E-state index is -0.311. The molecular weight excluding hydrogens is 279 g/mol. The molecule has 108 valence electrons. The van der Waals surface area contributed by atoms with Gasteiger partial charge < -0.3 is 0 Å². The normalized spacial score (nSPS) is 11.4. The smallest absolute Gasteiger partial charge is 0.165 e. The second-order valence-corrected chi connectivity index (χ2v) is 5.32. The second kappa shape index (κ2) is 4.59. The van der Waals surface area contributed by atoms with Crippen molar-refractivity contribution in [1.29, 1.82) is 0 Å². The standard InChI is InChI=1S/C17H13FN4/c1-10-4-3-5-16-14(10)9-19-22(16)17-13-8-12(18)6-7-15(13)20-11(2)21-17/h3-9H,1-2H3. The van der Waals surface area contributed by atoms with Crippen LogP contribution >= 0.6 is 0 Å². The van der Waals surface area contributed by atoms with Crippen molar-refractivity contribution in [3.8, 4) is 5.82 Å². The van der Waals surface area contributed by atoms with E-state index in [0.29, 0.717) is 22.5 Å². The van der Waals surface area contributed by atoms with E-state index in [2.05, 4.69) is 15.1 Å². The molecule has 2 aromatic carbocycles. The molecule has 0 bridgehead atoms. The number of fused-ring (bicyclic) bond motifs is 2. The number of rotatable bonds is 1. The van der Waals surface area contributed by atoms with Crippen LogP contribution in [0.1, 0.15) is 11.4 Å². The van der Waals surface area contributed by atoms with Gasteiger partial charge in [-0.25, -0.2) is 19.0 Å². The van der Waals surface area contributed by atoms with Crippen molar-refractivity contribution in [2.45, 2.75) is 13.8 Å². The Morgan fingerprint density at radius 1 is 1.00 bits per heavy atom. The zero-order chi connectivity index (χ0) is 15.3. The lowest BCUT2D eigenvalue weighted by molar-refractivity contribution is 0.629. The molecular formula is C17H13FN4. The van der Waals surface area contributed by atoms with Crippen LogP contribution in [0.25, 0.3) is 27.6 Å². The van der Waals surface area contributed by atoms with E-state index in [1.807, 2.05) is 38.2 Å². The Morgan fingerprint density at radius 3 is 2.73 bits per heavy atom. The fraction of sp³-hybridized carbons (Fsp3) is 0.118. The van der Waals surface area contributed by atoms with E-state index in [9.17, 15) is 4.39 Å². The molecule has 0 fully saturated rings. The lowest BCUT2D eigenvalue weighted by atomic mass is 10.1. The maximum absolute atomic E-state index is 13.7. The van der Waals surface area contributed by atoms with Crippen LogP contribution in [-0.2, 0) is 0 Å². The van der Waals surface area contributed by atoms with Crippen LogP contribution in [0.5, 0.6) is 0 Å². The van der Waals surface area contributed by atoms with Crippen molar-refractivity contribution in [2.75, 3.05) is 0 Å². The zero-order valence-electron chi connectivity index (χ0n) is 12.2. The fourth-order valence-corrected chi connectivity index (χ4v) is 2.72. The molecule has 0 saturated heterocycles. The number of benzene rings is 2. The summed E-state index contributed by atoms with van der Waals surface area (Å²) in [6, 6.07) is 10.5. The van der Waals surface area contributed by atoms with Crippen LogP contribution in [0.4, 0.5) is 4.39 Å². The first kappa shape index (κ1) is 12.9. The van der Waals surface area contributed by atoms with Gasteiger partial charge >= 0.3 is 0 Å². The van der Waals surface area contributed by atoms with Gasteiger partial charge in [-0.05, 0) is 43.7 Å². The highest BCUT2D eigenvalue weighted by molar-refractivity contribution is 5.89. The second-order valence-electron chi connectivity index (χ2n) is 5.32. The predicted molar refractivity (Wildman–Crippen MR) is 83.6 cm³/mol. The van der Waals surface area contributed by atoms with Gasteiger partial charge in [0.1, 0.15) is 11.6 Å². The van der Waals surface area contributed by atoms with E-state index in [1.165, 1.54) is 12.1 Å². The molecule has 0 N–H and O–H groups in total. The van der Waals surface area contributed by atoms with Crippen LogP contribution in [0, 0.1) is 19.7 Å². The molecule has 0 radical (unpaired) electrons. The summed E-state index contributed by atoms with van der Waals surface area (Å²) in [6.07, 6.45) is 1.81. The predicted octanol–water partition coefficient (Wildman–Crippen LogP) is 3.72. The molecule has 0 atom stereocenters. The SMILES string of the molecule is Cc1nc(-n2ncc3c(C)cccc32)c2cc(F)ccc2n1. The van der Waals surface area contributed by atoms with E-state index < -0.39 is 0 Å². The summed E-state index contributed by atoms with van der Waals surface area (Å²) >= 11 is 0. The summed E-state index contributed by atoms with van der Waals surface area (Å²) in [5.74, 6) is 0.918. The van der Waals surface area contributed by atoms with Gasteiger partial charge in [-0.1, -0.05) is 12.1 Å². The summed E-state index contributed by atoms with van der Waals surface area (Å²) in [5, 5.41) is 6.16. The third-order valence-corrected chi connectivity index (χ3v) is 3.78. The number of aryl methyl sites for hydroxylation is 2. The van der Waals surface area contributed by atoms with Gasteiger partial charge in [-0.15, -0.1) is 0 Å². The minimum Gasteiger partial charge on any atom is -0.233 e. The van der Waals surface area contributed by atoms with Gasteiger partial charge in [0, 0.05) is 10.8 Å². The number of nitrogens with zero attached hydrogens (tertiary/aromatic N) is 4. The lowest BCUT2D eigenvalue weighted by Gasteiger charge is -2.08. The van der Waals surface area contributed by atoms with Crippen molar-refractivity contribution in [1.82, 2.24) is 19.7 Å². The maximum atomic E-state index is 13.7. The maximum Gasteiger partial charge on any atom is 0.165 e. The Morgan fingerprint density at radius 2 is 1.86 bits per heavy atom. The largest absolute Gasteiger partial charge is 0.233 e. The molecule has 0 saturated carbocycles. The molecule has 0 aliphatic carbocycles. The minimum absolute atomic E-state index is 0.311. The summed E-state index contributed by atoms with van der Waals surface area (Å²) < 4.78 is 15.4. The first-order chi connectivity index (χ1) is 10.6. The van der Waals surface area contributed by atoms with Crippen LogP contribution in [-0.4, -0.2) is 19.7 Å². The third-order valence-electron chi connectivity index (χ3n) is 3.78. The Labute approximate surface area is 126 Å². The Bertz CT molecular complexity index is 1020. The quantitative estimate of drug-likeness (QED) is 0.537. The molecule has 0 amide bonds. The fourth-order valence-electron chi connectivity index (χ4n) is 2.72. The molecule has 0 spiro atoms. The Hall–Kier alpha value is -2.82. The van der Waals surface area contributed by atoms with Gasteiger partial charge in [0.05, 0.1) is 17.2 Å². The first-order valence-electron chi connectivity index (χ1n) is 7.01. The van der Waals surface area contributed by atoms with Crippen molar-refractivity contribution in [3.63, 3.8) is 0 Å². The van der Waals surface area contributed by atoms with Crippen molar-refractivity contribution in [3.05, 3.63) is 59.8 Å². The summed E-state index contributed by atoms with van der Waals surface area (Å²) in [7, 11) is 0. The molecule has 22 heavy (non-hydrogen) atoms. The number of aromatic nitrogens is 4. The zero-order valence-corrected chi connectivity index (χ0v) is 12.2. The van der Waals surface area contributed by atoms with Crippen molar-refractivity contribution >= 4 is 21.8 Å². The molecule has 4 nitrogen and oxygen atoms in total. The van der Waals surface area contributed by atoms with Gasteiger partial charge in [0.25, 0.3) is 0 Å². The van der Waals surface area contributed by atoms with Crippen LogP contribution in [0.2, 0.25) is 0 Å². The van der Waals surface area contributed by atoms with Crippen LogP contribution < -0.4 is 0 Å². The van der Waals surface area contributed by atoms with Crippen molar-refractivity contribution in [2.24, 2.45) is 0 Å². The highest BCUT2D eigenvalue weighted by Crippen LogP contribution is 2.25. The summed E-state index contributed by atoms with van der Waals surface area (Å²) in [6.45, 7) is 3.86. The third kappa shape index (κ3) is 1.86. The molecule has 2 heterocycles. The lowest BCUT2D eigenvalue weighted by Crippen LogP contribution is -2.04. The molecule has 0 unspecified atom stereocenters. The van der Waals surface area contributed by atoms with E-state index in [-0.39, 0.29) is 5.82 Å². The molecule has 4 aromatic rings. The van der Waals surface area contributed by atoms with Gasteiger partial charge in [-0.2, -0.15) is 5.10 Å². The summed E-state index contributed by atoms with van der Waals surface area (Å²) in [4.78, 5) is 8.85.